The largest absolute Gasteiger partial charge is 0.368 e. The van der Waals surface area contributed by atoms with E-state index in [0.717, 1.165) is 0 Å². The number of pyridine rings is 1. The average Bonchev–Trinajstić information content (AvgIpc) is 3.32. The molecule has 0 fully saturated rings. The van der Waals surface area contributed by atoms with Gasteiger partial charge in [0.15, 0.2) is 0 Å². The molecule has 0 unspecified atom stereocenters. The summed E-state index contributed by atoms with van der Waals surface area (Å²) in [5, 5.41) is 17.9. The van der Waals surface area contributed by atoms with E-state index in [1.54, 1.807) is 53.8 Å². The lowest BCUT2D eigenvalue weighted by atomic mass is 10.1. The Balaban J connectivity index is 1.49. The second-order valence-electron chi connectivity index (χ2n) is 6.53. The lowest BCUT2D eigenvalue weighted by Crippen LogP contribution is -2.16. The minimum atomic E-state index is -0.492. The Hall–Kier alpha value is -3.76. The average molecular weight is 471 g/mol. The molecule has 32 heavy (non-hydrogen) atoms. The maximum atomic E-state index is 10.7. The van der Waals surface area contributed by atoms with Crippen molar-refractivity contribution >= 4 is 40.7 Å². The summed E-state index contributed by atoms with van der Waals surface area (Å²) in [6.45, 7) is 0.978. The molecular weight excluding hydrogens is 455 g/mol. The number of nitrogens with zero attached hydrogens (tertiary/aromatic N) is 6. The molecule has 162 valence electrons. The van der Waals surface area contributed by atoms with Crippen LogP contribution in [0.3, 0.4) is 0 Å². The molecule has 1 aromatic carbocycles. The number of rotatable bonds is 8. The van der Waals surface area contributed by atoms with Gasteiger partial charge in [-0.15, -0.1) is 0 Å². The third-order valence-electron chi connectivity index (χ3n) is 4.41. The van der Waals surface area contributed by atoms with E-state index in [1.807, 2.05) is 0 Å². The van der Waals surface area contributed by atoms with E-state index < -0.39 is 4.92 Å². The van der Waals surface area contributed by atoms with Crippen LogP contribution in [0.1, 0.15) is 0 Å². The van der Waals surface area contributed by atoms with Crippen LogP contribution in [0.25, 0.3) is 16.9 Å². The summed E-state index contributed by atoms with van der Waals surface area (Å²) >= 11 is 12.5. The van der Waals surface area contributed by atoms with E-state index in [2.05, 4.69) is 30.6 Å². The smallest absolute Gasteiger partial charge is 0.287 e. The molecule has 4 rings (SSSR count). The molecule has 0 saturated carbocycles. The van der Waals surface area contributed by atoms with Gasteiger partial charge in [0, 0.05) is 42.1 Å². The second-order valence-corrected chi connectivity index (χ2v) is 7.38. The summed E-state index contributed by atoms with van der Waals surface area (Å²) in [5.74, 6) is 0.941. The lowest BCUT2D eigenvalue weighted by molar-refractivity contribution is -0.385. The Morgan fingerprint density at radius 2 is 1.91 bits per heavy atom. The van der Waals surface area contributed by atoms with Gasteiger partial charge in [0.05, 0.1) is 28.2 Å². The monoisotopic (exact) mass is 470 g/mol. The summed E-state index contributed by atoms with van der Waals surface area (Å²) in [5.41, 5.74) is 1.98. The summed E-state index contributed by atoms with van der Waals surface area (Å²) in [7, 11) is 0. The molecule has 0 bridgehead atoms. The van der Waals surface area contributed by atoms with Gasteiger partial charge in [0.2, 0.25) is 5.95 Å². The quantitative estimate of drug-likeness (QED) is 0.219. The Morgan fingerprint density at radius 1 is 1.06 bits per heavy atom. The van der Waals surface area contributed by atoms with Crippen LogP contribution in [0.15, 0.2) is 61.4 Å². The van der Waals surface area contributed by atoms with Crippen LogP contribution in [0, 0.1) is 10.1 Å². The topological polar surface area (TPSA) is 124 Å². The van der Waals surface area contributed by atoms with Crippen molar-refractivity contribution in [2.24, 2.45) is 0 Å². The predicted molar refractivity (Wildman–Crippen MR) is 122 cm³/mol. The zero-order valence-electron chi connectivity index (χ0n) is 16.4. The molecule has 3 aromatic heterocycles. The highest BCUT2D eigenvalue weighted by atomic mass is 35.5. The van der Waals surface area contributed by atoms with Crippen molar-refractivity contribution in [1.29, 1.82) is 0 Å². The van der Waals surface area contributed by atoms with Crippen LogP contribution >= 0.6 is 23.2 Å². The third-order valence-corrected chi connectivity index (χ3v) is 4.96. The van der Waals surface area contributed by atoms with Gasteiger partial charge >= 0.3 is 0 Å². The molecule has 0 amide bonds. The van der Waals surface area contributed by atoms with E-state index in [9.17, 15) is 10.1 Å². The van der Waals surface area contributed by atoms with Gasteiger partial charge in [-0.2, -0.15) is 0 Å². The maximum absolute atomic E-state index is 10.7. The number of nitro groups is 1. The molecule has 0 spiro atoms. The standard InChI is InChI=1S/C20H16Cl2N8O2/c21-13-1-3-15(16(22)9-13)19-17(29-8-7-23-12-29)11-27-20(28-19)25-6-5-24-18-4-2-14(10-26-18)30(31)32/h1-4,7-12H,5-6H2,(H,24,26)(H,25,27,28). The van der Waals surface area contributed by atoms with Gasteiger partial charge in [0.25, 0.3) is 5.69 Å². The second kappa shape index (κ2) is 9.58. The number of hydrogen-bond donors (Lipinski definition) is 2. The number of imidazole rings is 1. The fourth-order valence-corrected chi connectivity index (χ4v) is 3.39. The Labute approximate surface area is 192 Å². The SMILES string of the molecule is O=[N+]([O-])c1ccc(NCCNc2ncc(-n3ccnc3)c(-c3ccc(Cl)cc3Cl)n2)nc1. The first-order valence-electron chi connectivity index (χ1n) is 9.40. The number of halogens is 2. The molecule has 0 radical (unpaired) electrons. The van der Waals surface area contributed by atoms with Gasteiger partial charge in [0.1, 0.15) is 17.7 Å². The molecule has 12 heteroatoms. The summed E-state index contributed by atoms with van der Waals surface area (Å²) < 4.78 is 1.80. The first-order valence-corrected chi connectivity index (χ1v) is 10.2. The van der Waals surface area contributed by atoms with E-state index in [0.29, 0.717) is 51.8 Å². The Kier molecular flexibility index (Phi) is 6.43. The minimum absolute atomic E-state index is 0.0616. The van der Waals surface area contributed by atoms with Crippen LogP contribution in [-0.4, -0.2) is 42.5 Å². The molecule has 0 saturated heterocycles. The fraction of sp³-hybridized carbons (Fsp3) is 0.100. The van der Waals surface area contributed by atoms with Crippen LogP contribution in [-0.2, 0) is 0 Å². The summed E-state index contributed by atoms with van der Waals surface area (Å²) in [6.07, 6.45) is 8.00. The number of aromatic nitrogens is 5. The fourth-order valence-electron chi connectivity index (χ4n) is 2.89. The van der Waals surface area contributed by atoms with Crippen molar-refractivity contribution in [1.82, 2.24) is 24.5 Å². The molecule has 0 aliphatic heterocycles. The minimum Gasteiger partial charge on any atom is -0.368 e. The third kappa shape index (κ3) is 4.93. The van der Waals surface area contributed by atoms with Crippen molar-refractivity contribution in [3.05, 3.63) is 81.6 Å². The number of hydrogen-bond acceptors (Lipinski definition) is 8. The van der Waals surface area contributed by atoms with Crippen molar-refractivity contribution in [2.45, 2.75) is 0 Å². The van der Waals surface area contributed by atoms with Gasteiger partial charge in [-0.1, -0.05) is 23.2 Å². The number of nitrogens with one attached hydrogen (secondary N) is 2. The van der Waals surface area contributed by atoms with Crippen molar-refractivity contribution < 1.29 is 4.92 Å². The molecule has 4 aromatic rings. The predicted octanol–water partition coefficient (Wildman–Crippen LogP) is 4.46. The van der Waals surface area contributed by atoms with E-state index in [1.165, 1.54) is 12.3 Å². The van der Waals surface area contributed by atoms with E-state index in [4.69, 9.17) is 23.2 Å². The Bertz CT molecular complexity index is 1230. The van der Waals surface area contributed by atoms with Crippen molar-refractivity contribution in [3.8, 4) is 16.9 Å². The first-order chi connectivity index (χ1) is 15.5. The van der Waals surface area contributed by atoms with Crippen molar-refractivity contribution in [3.63, 3.8) is 0 Å². The molecule has 0 atom stereocenters. The molecular formula is C20H16Cl2N8O2. The molecule has 0 aliphatic carbocycles. The lowest BCUT2D eigenvalue weighted by Gasteiger charge is -2.13. The molecule has 0 aliphatic rings. The van der Waals surface area contributed by atoms with E-state index in [-0.39, 0.29) is 5.69 Å². The highest BCUT2D eigenvalue weighted by Crippen LogP contribution is 2.33. The van der Waals surface area contributed by atoms with Gasteiger partial charge in [-0.05, 0) is 24.3 Å². The summed E-state index contributed by atoms with van der Waals surface area (Å²) in [6, 6.07) is 8.15. The zero-order chi connectivity index (χ0) is 22.5. The first kappa shape index (κ1) is 21.5. The van der Waals surface area contributed by atoms with Crippen LogP contribution in [0.2, 0.25) is 10.0 Å². The van der Waals surface area contributed by atoms with Crippen LogP contribution in [0.5, 0.6) is 0 Å². The van der Waals surface area contributed by atoms with Gasteiger partial charge < -0.3 is 15.2 Å². The highest BCUT2D eigenvalue weighted by molar-refractivity contribution is 6.36. The maximum Gasteiger partial charge on any atom is 0.287 e. The number of anilines is 2. The molecule has 2 N–H and O–H groups in total. The highest BCUT2D eigenvalue weighted by Gasteiger charge is 2.14. The normalized spacial score (nSPS) is 10.7. The van der Waals surface area contributed by atoms with Crippen LogP contribution in [0.4, 0.5) is 17.5 Å². The zero-order valence-corrected chi connectivity index (χ0v) is 18.0. The Morgan fingerprint density at radius 3 is 2.59 bits per heavy atom. The van der Waals surface area contributed by atoms with Gasteiger partial charge in [-0.3, -0.25) is 10.1 Å². The summed E-state index contributed by atoms with van der Waals surface area (Å²) in [4.78, 5) is 27.3. The molecule has 10 nitrogen and oxygen atoms in total. The molecule has 3 heterocycles. The van der Waals surface area contributed by atoms with Crippen LogP contribution < -0.4 is 10.6 Å². The van der Waals surface area contributed by atoms with Gasteiger partial charge in [-0.25, -0.2) is 19.9 Å². The van der Waals surface area contributed by atoms with Crippen molar-refractivity contribution in [2.75, 3.05) is 23.7 Å². The number of benzene rings is 1. The van der Waals surface area contributed by atoms with E-state index >= 15 is 0 Å².